The number of aromatic carboxylic acids is 1. The minimum atomic E-state index is -1.10. The Labute approximate surface area is 131 Å². The number of thiazole rings is 1. The van der Waals surface area contributed by atoms with Crippen molar-refractivity contribution in [2.75, 3.05) is 6.54 Å². The molecule has 0 aliphatic carbocycles. The second-order valence-corrected chi connectivity index (χ2v) is 6.23. The Morgan fingerprint density at radius 2 is 2.27 bits per heavy atom. The summed E-state index contributed by atoms with van der Waals surface area (Å²) in [4.78, 5) is 29.8. The molecule has 0 spiro atoms. The summed E-state index contributed by atoms with van der Waals surface area (Å²) in [6.07, 6.45) is 3.94. The molecule has 22 heavy (non-hydrogen) atoms. The number of aryl methyl sites for hydroxylation is 1. The van der Waals surface area contributed by atoms with Crippen LogP contribution in [0.15, 0.2) is 22.1 Å². The number of likely N-dealkylation sites (tertiary alicyclic amines) is 1. The van der Waals surface area contributed by atoms with Gasteiger partial charge in [-0.15, -0.1) is 11.3 Å². The molecule has 116 valence electrons. The van der Waals surface area contributed by atoms with E-state index < -0.39 is 5.97 Å². The van der Waals surface area contributed by atoms with Crippen LogP contribution < -0.4 is 0 Å². The van der Waals surface area contributed by atoms with Crippen molar-refractivity contribution in [3.63, 3.8) is 0 Å². The highest BCUT2D eigenvalue weighted by atomic mass is 32.1. The van der Waals surface area contributed by atoms with Crippen LogP contribution in [0.4, 0.5) is 0 Å². The van der Waals surface area contributed by atoms with E-state index in [1.54, 1.807) is 16.2 Å². The minimum Gasteiger partial charge on any atom is -0.478 e. The van der Waals surface area contributed by atoms with E-state index in [9.17, 15) is 9.59 Å². The van der Waals surface area contributed by atoms with Gasteiger partial charge in [0.05, 0.1) is 11.6 Å². The van der Waals surface area contributed by atoms with Gasteiger partial charge in [-0.25, -0.2) is 9.78 Å². The van der Waals surface area contributed by atoms with Crippen LogP contribution in [-0.4, -0.2) is 33.4 Å². The number of nitrogens with zero attached hydrogens (tertiary/aromatic N) is 2. The first-order valence-electron chi connectivity index (χ1n) is 7.11. The van der Waals surface area contributed by atoms with Crippen LogP contribution in [0.5, 0.6) is 0 Å². The van der Waals surface area contributed by atoms with E-state index in [-0.39, 0.29) is 23.3 Å². The van der Waals surface area contributed by atoms with Crippen molar-refractivity contribution >= 4 is 23.2 Å². The van der Waals surface area contributed by atoms with E-state index in [1.165, 1.54) is 6.07 Å². The van der Waals surface area contributed by atoms with Crippen LogP contribution in [-0.2, 0) is 0 Å². The third-order valence-corrected chi connectivity index (χ3v) is 4.81. The first kappa shape index (κ1) is 14.8. The fourth-order valence-corrected chi connectivity index (χ4v) is 3.60. The predicted octanol–water partition coefficient (Wildman–Crippen LogP) is 3.11. The zero-order valence-electron chi connectivity index (χ0n) is 12.1. The highest BCUT2D eigenvalue weighted by Gasteiger charge is 2.32. The second-order valence-electron chi connectivity index (χ2n) is 5.34. The number of rotatable bonds is 3. The first-order chi connectivity index (χ1) is 10.6. The number of carboxylic acid groups (broad SMARTS) is 1. The average molecular weight is 320 g/mol. The molecule has 1 amide bonds. The van der Waals surface area contributed by atoms with Crippen molar-refractivity contribution in [2.24, 2.45) is 0 Å². The normalized spacial score (nSPS) is 18.4. The standard InChI is InChI=1S/C15H16N2O4S/c1-9-8-22-13(16-9)11-4-2-3-5-17(11)14(18)12-6-10(7-21-12)15(19)20/h6-8,11H,2-5H2,1H3,(H,19,20)/t11-/m0/s1. The van der Waals surface area contributed by atoms with Gasteiger partial charge in [0, 0.05) is 23.7 Å². The molecular weight excluding hydrogens is 304 g/mol. The highest BCUT2D eigenvalue weighted by Crippen LogP contribution is 2.33. The van der Waals surface area contributed by atoms with E-state index in [0.29, 0.717) is 6.54 Å². The molecule has 0 bridgehead atoms. The highest BCUT2D eigenvalue weighted by molar-refractivity contribution is 7.09. The summed E-state index contributed by atoms with van der Waals surface area (Å²) in [6.45, 7) is 2.56. The van der Waals surface area contributed by atoms with Crippen molar-refractivity contribution in [2.45, 2.75) is 32.2 Å². The van der Waals surface area contributed by atoms with Gasteiger partial charge in [0.2, 0.25) is 0 Å². The van der Waals surface area contributed by atoms with Crippen molar-refractivity contribution in [1.82, 2.24) is 9.88 Å². The molecule has 0 aromatic carbocycles. The molecule has 2 aromatic rings. The number of piperidine rings is 1. The number of carbonyl (C=O) groups excluding carboxylic acids is 1. The Morgan fingerprint density at radius 3 is 2.91 bits per heavy atom. The van der Waals surface area contributed by atoms with Crippen molar-refractivity contribution in [1.29, 1.82) is 0 Å². The van der Waals surface area contributed by atoms with Crippen molar-refractivity contribution < 1.29 is 19.1 Å². The van der Waals surface area contributed by atoms with Crippen molar-refractivity contribution in [3.8, 4) is 0 Å². The number of amides is 1. The van der Waals surface area contributed by atoms with Gasteiger partial charge in [0.1, 0.15) is 11.3 Å². The molecule has 0 saturated carbocycles. The zero-order valence-corrected chi connectivity index (χ0v) is 12.9. The molecule has 1 N–H and O–H groups in total. The van der Waals surface area contributed by atoms with Gasteiger partial charge < -0.3 is 14.4 Å². The number of aromatic nitrogens is 1. The summed E-state index contributed by atoms with van der Waals surface area (Å²) < 4.78 is 5.14. The Hall–Kier alpha value is -2.15. The largest absolute Gasteiger partial charge is 0.478 e. The van der Waals surface area contributed by atoms with Gasteiger partial charge >= 0.3 is 5.97 Å². The van der Waals surface area contributed by atoms with Gasteiger partial charge in [-0.1, -0.05) is 0 Å². The number of hydrogen-bond donors (Lipinski definition) is 1. The van der Waals surface area contributed by atoms with Gasteiger partial charge in [-0.05, 0) is 26.2 Å². The Balaban J connectivity index is 1.86. The van der Waals surface area contributed by atoms with E-state index in [2.05, 4.69) is 4.98 Å². The SMILES string of the molecule is Cc1csc([C@@H]2CCCCN2C(=O)c2cc(C(=O)O)co2)n1. The van der Waals surface area contributed by atoms with Gasteiger partial charge in [-0.3, -0.25) is 4.79 Å². The number of carbonyl (C=O) groups is 2. The molecule has 7 heteroatoms. The molecule has 1 atom stereocenters. The monoisotopic (exact) mass is 320 g/mol. The fourth-order valence-electron chi connectivity index (χ4n) is 2.66. The quantitative estimate of drug-likeness (QED) is 0.939. The summed E-state index contributed by atoms with van der Waals surface area (Å²) in [5.41, 5.74) is 0.936. The maximum Gasteiger partial charge on any atom is 0.338 e. The Morgan fingerprint density at radius 1 is 1.45 bits per heavy atom. The number of carboxylic acids is 1. The number of hydrogen-bond acceptors (Lipinski definition) is 5. The maximum atomic E-state index is 12.6. The molecule has 0 radical (unpaired) electrons. The lowest BCUT2D eigenvalue weighted by molar-refractivity contribution is 0.0578. The van der Waals surface area contributed by atoms with Crippen LogP contribution in [0.25, 0.3) is 0 Å². The van der Waals surface area contributed by atoms with Gasteiger partial charge in [0.15, 0.2) is 5.76 Å². The third kappa shape index (κ3) is 2.76. The summed E-state index contributed by atoms with van der Waals surface area (Å²) in [5.74, 6) is -1.31. The summed E-state index contributed by atoms with van der Waals surface area (Å²) in [7, 11) is 0. The topological polar surface area (TPSA) is 83.6 Å². The molecular formula is C15H16N2O4S. The molecule has 1 aliphatic heterocycles. The Bertz CT molecular complexity index is 706. The predicted molar refractivity (Wildman–Crippen MR) is 80.1 cm³/mol. The molecule has 6 nitrogen and oxygen atoms in total. The van der Waals surface area contributed by atoms with E-state index >= 15 is 0 Å². The molecule has 1 fully saturated rings. The number of furan rings is 1. The lowest BCUT2D eigenvalue weighted by Crippen LogP contribution is -2.38. The van der Waals surface area contributed by atoms with Crippen LogP contribution in [0.3, 0.4) is 0 Å². The molecule has 3 heterocycles. The lowest BCUT2D eigenvalue weighted by Gasteiger charge is -2.33. The smallest absolute Gasteiger partial charge is 0.338 e. The van der Waals surface area contributed by atoms with Gasteiger partial charge in [-0.2, -0.15) is 0 Å². The first-order valence-corrected chi connectivity index (χ1v) is 7.99. The molecule has 3 rings (SSSR count). The van der Waals surface area contributed by atoms with Crippen LogP contribution >= 0.6 is 11.3 Å². The van der Waals surface area contributed by atoms with Crippen LogP contribution in [0.1, 0.15) is 56.9 Å². The van der Waals surface area contributed by atoms with Crippen LogP contribution in [0, 0.1) is 6.92 Å². The summed E-state index contributed by atoms with van der Waals surface area (Å²) >= 11 is 1.55. The fraction of sp³-hybridized carbons (Fsp3) is 0.400. The van der Waals surface area contributed by atoms with E-state index in [1.807, 2.05) is 12.3 Å². The average Bonchev–Trinajstić information content (AvgIpc) is 3.15. The van der Waals surface area contributed by atoms with Crippen molar-refractivity contribution in [3.05, 3.63) is 39.7 Å². The molecule has 1 aliphatic rings. The molecule has 2 aromatic heterocycles. The molecule has 1 saturated heterocycles. The second kappa shape index (κ2) is 5.92. The minimum absolute atomic E-state index is 0.0120. The summed E-state index contributed by atoms with van der Waals surface area (Å²) in [5, 5.41) is 11.8. The van der Waals surface area contributed by atoms with E-state index in [0.717, 1.165) is 36.2 Å². The maximum absolute atomic E-state index is 12.6. The molecule has 0 unspecified atom stereocenters. The Kier molecular flexibility index (Phi) is 3.98. The third-order valence-electron chi connectivity index (χ3n) is 3.74. The van der Waals surface area contributed by atoms with E-state index in [4.69, 9.17) is 9.52 Å². The lowest BCUT2D eigenvalue weighted by atomic mass is 10.0. The zero-order chi connectivity index (χ0) is 15.7. The van der Waals surface area contributed by atoms with Gasteiger partial charge in [0.25, 0.3) is 5.91 Å². The summed E-state index contributed by atoms with van der Waals surface area (Å²) in [6, 6.07) is 1.22. The van der Waals surface area contributed by atoms with Crippen LogP contribution in [0.2, 0.25) is 0 Å².